The third kappa shape index (κ3) is 9.67. The number of benzene rings is 1. The van der Waals surface area contributed by atoms with Crippen molar-refractivity contribution in [3.63, 3.8) is 0 Å². The molecule has 4 nitrogen and oxygen atoms in total. The van der Waals surface area contributed by atoms with Crippen molar-refractivity contribution < 1.29 is 15.3 Å². The van der Waals surface area contributed by atoms with Crippen molar-refractivity contribution in [1.82, 2.24) is 4.90 Å². The lowest BCUT2D eigenvalue weighted by atomic mass is 9.84. The molecule has 0 saturated carbocycles. The molecule has 1 fully saturated rings. The van der Waals surface area contributed by atoms with Gasteiger partial charge < -0.3 is 15.3 Å². The van der Waals surface area contributed by atoms with E-state index in [2.05, 4.69) is 4.90 Å². The van der Waals surface area contributed by atoms with Crippen molar-refractivity contribution in [2.45, 2.75) is 86.0 Å². The Morgan fingerprint density at radius 2 is 1.46 bits per heavy atom. The molecular formula is C22H45NO3. The van der Waals surface area contributed by atoms with Gasteiger partial charge in [-0.3, -0.25) is 4.90 Å². The number of hydrogen-bond acceptors (Lipinski definition) is 4. The maximum atomic E-state index is 10.8. The summed E-state index contributed by atoms with van der Waals surface area (Å²) in [6, 6.07) is 9.69. The molecule has 3 N–H and O–H groups in total. The smallest absolute Gasteiger partial charge is 0.0881 e. The largest absolute Gasteiger partial charge is 0.394 e. The van der Waals surface area contributed by atoms with E-state index in [-0.39, 0.29) is 19.1 Å². The Balaban J connectivity index is -0.000000585. The fraction of sp³-hybridized carbons (Fsp3) is 0.727. The highest BCUT2D eigenvalue weighted by atomic mass is 16.3. The summed E-state index contributed by atoms with van der Waals surface area (Å²) in [4.78, 5) is 2.10. The number of hydrogen-bond donors (Lipinski definition) is 3. The minimum atomic E-state index is -0.974. The molecule has 3 unspecified atom stereocenters. The molecule has 2 rings (SSSR count). The number of likely N-dealkylation sites (tertiary alicyclic amines) is 1. The fourth-order valence-corrected chi connectivity index (χ4v) is 2.93. The van der Waals surface area contributed by atoms with Crippen molar-refractivity contribution in [3.8, 4) is 0 Å². The van der Waals surface area contributed by atoms with Gasteiger partial charge in [0.2, 0.25) is 0 Å². The molecule has 1 aliphatic heterocycles. The standard InChI is InChI=1S/C14H21NO3.4C2H6/c1-15-8-7-14(18,9-12(17)10-16)13(15)11-5-3-2-4-6-11;4*1-2/h2-6,12-13,16-18H,7-10H2,1H3;4*1-2H3. The van der Waals surface area contributed by atoms with Crippen LogP contribution in [0.5, 0.6) is 0 Å². The molecule has 156 valence electrons. The molecule has 1 aliphatic rings. The predicted octanol–water partition coefficient (Wildman–Crippen LogP) is 4.64. The topological polar surface area (TPSA) is 63.9 Å². The van der Waals surface area contributed by atoms with Crippen LogP contribution < -0.4 is 0 Å². The maximum Gasteiger partial charge on any atom is 0.0881 e. The van der Waals surface area contributed by atoms with E-state index in [0.29, 0.717) is 6.42 Å². The zero-order chi connectivity index (χ0) is 21.2. The zero-order valence-electron chi connectivity index (χ0n) is 18.7. The van der Waals surface area contributed by atoms with Crippen LogP contribution in [0.2, 0.25) is 0 Å². The number of nitrogens with zero attached hydrogens (tertiary/aromatic N) is 1. The Morgan fingerprint density at radius 1 is 1.00 bits per heavy atom. The molecule has 4 heteroatoms. The summed E-state index contributed by atoms with van der Waals surface area (Å²) in [5.41, 5.74) is 0.0725. The second kappa shape index (κ2) is 18.8. The van der Waals surface area contributed by atoms with E-state index in [1.165, 1.54) is 0 Å². The van der Waals surface area contributed by atoms with E-state index in [0.717, 1.165) is 12.1 Å². The summed E-state index contributed by atoms with van der Waals surface area (Å²) in [5, 5.41) is 29.3. The number of aliphatic hydroxyl groups is 3. The first kappa shape index (κ1) is 29.8. The van der Waals surface area contributed by atoms with Crippen LogP contribution in [0.4, 0.5) is 0 Å². The summed E-state index contributed by atoms with van der Waals surface area (Å²) in [7, 11) is 1.97. The quantitative estimate of drug-likeness (QED) is 0.721. The van der Waals surface area contributed by atoms with Crippen molar-refractivity contribution in [2.24, 2.45) is 0 Å². The van der Waals surface area contributed by atoms with Gasteiger partial charge in [0.1, 0.15) is 0 Å². The Bertz CT molecular complexity index is 386. The second-order valence-electron chi connectivity index (χ2n) is 5.19. The van der Waals surface area contributed by atoms with Gasteiger partial charge in [0.25, 0.3) is 0 Å². The van der Waals surface area contributed by atoms with Crippen LogP contribution in [0.1, 0.15) is 79.8 Å². The molecule has 1 aromatic carbocycles. The van der Waals surface area contributed by atoms with E-state index in [9.17, 15) is 10.2 Å². The highest BCUT2D eigenvalue weighted by Gasteiger charge is 2.46. The van der Waals surface area contributed by atoms with Gasteiger partial charge in [-0.05, 0) is 19.0 Å². The van der Waals surface area contributed by atoms with Crippen LogP contribution in [-0.2, 0) is 0 Å². The Labute approximate surface area is 162 Å². The molecule has 0 aliphatic carbocycles. The highest BCUT2D eigenvalue weighted by molar-refractivity contribution is 5.24. The molecular weight excluding hydrogens is 326 g/mol. The predicted molar refractivity (Wildman–Crippen MR) is 114 cm³/mol. The van der Waals surface area contributed by atoms with Crippen LogP contribution in [0.3, 0.4) is 0 Å². The van der Waals surface area contributed by atoms with E-state index in [1.54, 1.807) is 0 Å². The molecule has 3 atom stereocenters. The maximum absolute atomic E-state index is 10.8. The van der Waals surface area contributed by atoms with E-state index < -0.39 is 11.7 Å². The lowest BCUT2D eigenvalue weighted by molar-refractivity contribution is -0.0461. The Morgan fingerprint density at radius 3 is 1.88 bits per heavy atom. The molecule has 0 aromatic heterocycles. The Hall–Kier alpha value is -0.940. The summed E-state index contributed by atoms with van der Waals surface area (Å²) >= 11 is 0. The third-order valence-electron chi connectivity index (χ3n) is 3.76. The van der Waals surface area contributed by atoms with Crippen LogP contribution in [0, 0.1) is 0 Å². The molecule has 1 aromatic rings. The third-order valence-corrected chi connectivity index (χ3v) is 3.76. The first-order chi connectivity index (χ1) is 12.6. The average Bonchev–Trinajstić information content (AvgIpc) is 3.02. The lowest BCUT2D eigenvalue weighted by Gasteiger charge is -2.34. The van der Waals surface area contributed by atoms with Crippen molar-refractivity contribution in [3.05, 3.63) is 35.9 Å². The first-order valence-electron chi connectivity index (χ1n) is 10.3. The fourth-order valence-electron chi connectivity index (χ4n) is 2.93. The van der Waals surface area contributed by atoms with Crippen molar-refractivity contribution >= 4 is 0 Å². The van der Waals surface area contributed by atoms with Gasteiger partial charge in [-0.2, -0.15) is 0 Å². The Kier molecular flexibility index (Phi) is 21.6. The summed E-state index contributed by atoms with van der Waals surface area (Å²) in [6.45, 7) is 16.5. The van der Waals surface area contributed by atoms with Crippen LogP contribution in [-0.4, -0.2) is 52.1 Å². The zero-order valence-corrected chi connectivity index (χ0v) is 18.7. The summed E-state index contributed by atoms with van der Waals surface area (Å²) < 4.78 is 0. The molecule has 1 heterocycles. The van der Waals surface area contributed by atoms with Gasteiger partial charge in [-0.25, -0.2) is 0 Å². The van der Waals surface area contributed by atoms with Crippen LogP contribution >= 0.6 is 0 Å². The summed E-state index contributed by atoms with van der Waals surface area (Å²) in [5.74, 6) is 0. The molecule has 0 amide bonds. The molecule has 26 heavy (non-hydrogen) atoms. The second-order valence-corrected chi connectivity index (χ2v) is 5.19. The highest BCUT2D eigenvalue weighted by Crippen LogP contribution is 2.42. The number of likely N-dealkylation sites (N-methyl/N-ethyl adjacent to an activating group) is 1. The van der Waals surface area contributed by atoms with E-state index in [1.807, 2.05) is 92.8 Å². The van der Waals surface area contributed by atoms with E-state index >= 15 is 0 Å². The van der Waals surface area contributed by atoms with Crippen LogP contribution in [0.15, 0.2) is 30.3 Å². The normalized spacial score (nSPS) is 22.1. The first-order valence-corrected chi connectivity index (χ1v) is 10.3. The van der Waals surface area contributed by atoms with Crippen LogP contribution in [0.25, 0.3) is 0 Å². The van der Waals surface area contributed by atoms with Gasteiger partial charge in [0, 0.05) is 13.0 Å². The van der Waals surface area contributed by atoms with Gasteiger partial charge in [0.15, 0.2) is 0 Å². The SMILES string of the molecule is CC.CC.CC.CC.CN1CCC(O)(CC(O)CO)C1c1ccccc1. The van der Waals surface area contributed by atoms with E-state index in [4.69, 9.17) is 5.11 Å². The summed E-state index contributed by atoms with van der Waals surface area (Å²) in [6.07, 6.45) is -0.0548. The van der Waals surface area contributed by atoms with Gasteiger partial charge >= 0.3 is 0 Å². The average molecular weight is 372 g/mol. The van der Waals surface area contributed by atoms with Gasteiger partial charge in [-0.1, -0.05) is 85.7 Å². The van der Waals surface area contributed by atoms with Crippen molar-refractivity contribution in [1.29, 1.82) is 0 Å². The molecule has 0 bridgehead atoms. The monoisotopic (exact) mass is 371 g/mol. The molecule has 0 spiro atoms. The van der Waals surface area contributed by atoms with Crippen molar-refractivity contribution in [2.75, 3.05) is 20.2 Å². The minimum absolute atomic E-state index is 0.125. The minimum Gasteiger partial charge on any atom is -0.394 e. The molecule has 0 radical (unpaired) electrons. The van der Waals surface area contributed by atoms with Gasteiger partial charge in [0.05, 0.1) is 24.4 Å². The molecule has 1 saturated heterocycles. The number of rotatable bonds is 4. The van der Waals surface area contributed by atoms with Gasteiger partial charge in [-0.15, -0.1) is 0 Å². The lowest BCUT2D eigenvalue weighted by Crippen LogP contribution is -2.40. The number of aliphatic hydroxyl groups excluding tert-OH is 2.